The van der Waals surface area contributed by atoms with E-state index in [4.69, 9.17) is 4.98 Å². The quantitative estimate of drug-likeness (QED) is 0.256. The lowest BCUT2D eigenvalue weighted by molar-refractivity contribution is -0.122. The first-order valence-corrected chi connectivity index (χ1v) is 13.4. The van der Waals surface area contributed by atoms with Crippen LogP contribution in [0.1, 0.15) is 39.7 Å². The molecule has 4 nitrogen and oxygen atoms in total. The van der Waals surface area contributed by atoms with Gasteiger partial charge in [0.1, 0.15) is 5.01 Å². The molecule has 0 saturated carbocycles. The Morgan fingerprint density at radius 1 is 0.703 bits per heavy atom. The number of carbonyl (C=O) groups excluding carboxylic acids is 2. The molecule has 2 bridgehead atoms. The molecule has 1 aromatic heterocycles. The molecule has 4 aliphatic rings. The molecule has 5 aromatic rings. The Morgan fingerprint density at radius 3 is 1.78 bits per heavy atom. The summed E-state index contributed by atoms with van der Waals surface area (Å²) < 4.78 is 1.16. The van der Waals surface area contributed by atoms with Gasteiger partial charge in [0, 0.05) is 17.4 Å². The van der Waals surface area contributed by atoms with E-state index in [0.717, 1.165) is 20.8 Å². The van der Waals surface area contributed by atoms with Crippen LogP contribution in [0.25, 0.3) is 20.8 Å². The van der Waals surface area contributed by atoms with Gasteiger partial charge in [-0.1, -0.05) is 54.6 Å². The largest absolute Gasteiger partial charge is 0.274 e. The van der Waals surface area contributed by atoms with Gasteiger partial charge in [0.15, 0.2) is 0 Å². The van der Waals surface area contributed by atoms with Gasteiger partial charge in [0.2, 0.25) is 11.8 Å². The van der Waals surface area contributed by atoms with Crippen molar-refractivity contribution in [2.45, 2.75) is 18.8 Å². The molecule has 1 aliphatic heterocycles. The number of aromatic nitrogens is 1. The molecule has 0 unspecified atom stereocenters. The van der Waals surface area contributed by atoms with Crippen LogP contribution in [0.3, 0.4) is 0 Å². The molecule has 4 aromatic carbocycles. The van der Waals surface area contributed by atoms with E-state index < -0.39 is 0 Å². The van der Waals surface area contributed by atoms with Crippen molar-refractivity contribution >= 4 is 39.1 Å². The van der Waals surface area contributed by atoms with Gasteiger partial charge in [-0.15, -0.1) is 11.3 Å². The molecule has 0 N–H and O–H groups in total. The highest BCUT2D eigenvalue weighted by molar-refractivity contribution is 7.21. The van der Waals surface area contributed by atoms with Crippen molar-refractivity contribution in [3.05, 3.63) is 119 Å². The van der Waals surface area contributed by atoms with Gasteiger partial charge >= 0.3 is 0 Å². The fourth-order valence-electron chi connectivity index (χ4n) is 6.84. The second-order valence-corrected chi connectivity index (χ2v) is 11.3. The maximum Gasteiger partial charge on any atom is 0.238 e. The van der Waals surface area contributed by atoms with E-state index in [2.05, 4.69) is 43.3 Å². The lowest BCUT2D eigenvalue weighted by Gasteiger charge is -2.45. The number of hydrogen-bond donors (Lipinski definition) is 0. The highest BCUT2D eigenvalue weighted by Gasteiger charge is 2.61. The fraction of sp³-hybridized carbons (Fsp3) is 0.156. The number of nitrogens with zero attached hydrogens (tertiary/aromatic N) is 2. The molecule has 3 aliphatic carbocycles. The molecular weight excluding hydrogens is 476 g/mol. The third-order valence-corrected chi connectivity index (χ3v) is 9.43. The Labute approximate surface area is 218 Å². The summed E-state index contributed by atoms with van der Waals surface area (Å²) in [4.78, 5) is 34.1. The zero-order chi connectivity index (χ0) is 24.8. The Hall–Kier alpha value is -4.09. The summed E-state index contributed by atoms with van der Waals surface area (Å²) in [7, 11) is 0. The first-order chi connectivity index (χ1) is 18.1. The van der Waals surface area contributed by atoms with Gasteiger partial charge in [-0.25, -0.2) is 9.88 Å². The third-order valence-electron chi connectivity index (χ3n) is 8.36. The van der Waals surface area contributed by atoms with E-state index in [1.165, 1.54) is 32.7 Å². The van der Waals surface area contributed by atoms with Crippen LogP contribution in [0.5, 0.6) is 0 Å². The van der Waals surface area contributed by atoms with Gasteiger partial charge in [-0.05, 0) is 71.1 Å². The number of rotatable bonds is 2. The van der Waals surface area contributed by atoms with Crippen molar-refractivity contribution in [2.24, 2.45) is 11.8 Å². The van der Waals surface area contributed by atoms with Crippen molar-refractivity contribution in [2.75, 3.05) is 4.90 Å². The molecule has 2 amide bonds. The van der Waals surface area contributed by atoms with Gasteiger partial charge < -0.3 is 0 Å². The zero-order valence-corrected chi connectivity index (χ0v) is 20.9. The average molecular weight is 499 g/mol. The van der Waals surface area contributed by atoms with E-state index in [1.807, 2.05) is 54.6 Å². The fourth-order valence-corrected chi connectivity index (χ4v) is 7.91. The van der Waals surface area contributed by atoms with Crippen molar-refractivity contribution in [3.8, 4) is 10.6 Å². The minimum atomic E-state index is -0.366. The second-order valence-electron chi connectivity index (χ2n) is 10.3. The second kappa shape index (κ2) is 7.46. The average Bonchev–Trinajstić information content (AvgIpc) is 3.47. The standard InChI is InChI=1S/C32H22N2O2S/c1-17-10-15-24-25(16-17)37-30(33-24)18-11-13-19(14-12-18)34-31(35)28-26-20-6-2-3-7-21(20)27(29(28)32(34)36)23-9-5-4-8-22(23)26/h2-16,26-29H,1H3/t26?,27?,28-,29-/m0/s1. The summed E-state index contributed by atoms with van der Waals surface area (Å²) in [5.74, 6) is -1.08. The smallest absolute Gasteiger partial charge is 0.238 e. The molecule has 0 radical (unpaired) electrons. The van der Waals surface area contributed by atoms with Crippen LogP contribution in [0.2, 0.25) is 0 Å². The summed E-state index contributed by atoms with van der Waals surface area (Å²) in [6, 6.07) is 30.7. The normalized spacial score (nSPS) is 23.3. The lowest BCUT2D eigenvalue weighted by atomic mass is 9.55. The Morgan fingerprint density at radius 2 is 1.24 bits per heavy atom. The van der Waals surface area contributed by atoms with Gasteiger partial charge in [-0.2, -0.15) is 0 Å². The lowest BCUT2D eigenvalue weighted by Crippen LogP contribution is -2.41. The maximum absolute atomic E-state index is 14.0. The molecular formula is C32H22N2O2S. The highest BCUT2D eigenvalue weighted by atomic mass is 32.1. The monoisotopic (exact) mass is 498 g/mol. The van der Waals surface area contributed by atoms with Crippen LogP contribution in [0.15, 0.2) is 91.0 Å². The molecule has 2 atom stereocenters. The minimum Gasteiger partial charge on any atom is -0.274 e. The molecule has 0 spiro atoms. The molecule has 1 fully saturated rings. The van der Waals surface area contributed by atoms with Gasteiger partial charge in [-0.3, -0.25) is 9.59 Å². The van der Waals surface area contributed by atoms with E-state index in [9.17, 15) is 9.59 Å². The molecule has 9 rings (SSSR count). The first-order valence-electron chi connectivity index (χ1n) is 12.6. The van der Waals surface area contributed by atoms with Crippen LogP contribution in [-0.2, 0) is 9.59 Å². The number of benzene rings is 4. The number of aryl methyl sites for hydroxylation is 1. The van der Waals surface area contributed by atoms with E-state index in [0.29, 0.717) is 5.69 Å². The van der Waals surface area contributed by atoms with Gasteiger partial charge in [0.25, 0.3) is 0 Å². The minimum absolute atomic E-state index is 0.0859. The highest BCUT2D eigenvalue weighted by Crippen LogP contribution is 2.61. The molecule has 5 heteroatoms. The SMILES string of the molecule is Cc1ccc2nc(-c3ccc(N4C(=O)[C@H]5C6c7ccccc7C(c7ccccc76)[C@@H]5C4=O)cc3)sc2c1. The van der Waals surface area contributed by atoms with Crippen LogP contribution < -0.4 is 4.90 Å². The van der Waals surface area contributed by atoms with Gasteiger partial charge in [0.05, 0.1) is 27.7 Å². The maximum atomic E-state index is 14.0. The summed E-state index contributed by atoms with van der Waals surface area (Å²) in [5, 5.41) is 0.934. The van der Waals surface area contributed by atoms with Crippen molar-refractivity contribution < 1.29 is 9.59 Å². The zero-order valence-electron chi connectivity index (χ0n) is 20.1. The van der Waals surface area contributed by atoms with Crippen molar-refractivity contribution in [1.29, 1.82) is 0 Å². The Kier molecular flexibility index (Phi) is 4.24. The number of carbonyl (C=O) groups is 2. The van der Waals surface area contributed by atoms with Crippen LogP contribution in [0, 0.1) is 18.8 Å². The predicted octanol–water partition coefficient (Wildman–Crippen LogP) is 6.67. The molecule has 37 heavy (non-hydrogen) atoms. The number of anilines is 1. The van der Waals surface area contributed by atoms with Crippen molar-refractivity contribution in [3.63, 3.8) is 0 Å². The Balaban J connectivity index is 1.19. The van der Waals surface area contributed by atoms with Crippen LogP contribution in [-0.4, -0.2) is 16.8 Å². The number of hydrogen-bond acceptors (Lipinski definition) is 4. The van der Waals surface area contributed by atoms with E-state index in [-0.39, 0.29) is 35.5 Å². The molecule has 178 valence electrons. The van der Waals surface area contributed by atoms with Crippen LogP contribution >= 0.6 is 11.3 Å². The summed E-state index contributed by atoms with van der Waals surface area (Å²) in [6.45, 7) is 2.08. The summed E-state index contributed by atoms with van der Waals surface area (Å²) in [6.07, 6.45) is 0. The summed E-state index contributed by atoms with van der Waals surface area (Å²) in [5.41, 5.74) is 8.58. The van der Waals surface area contributed by atoms with Crippen molar-refractivity contribution in [1.82, 2.24) is 4.98 Å². The van der Waals surface area contributed by atoms with E-state index >= 15 is 0 Å². The predicted molar refractivity (Wildman–Crippen MR) is 146 cm³/mol. The first kappa shape index (κ1) is 21.0. The van der Waals surface area contributed by atoms with Crippen LogP contribution in [0.4, 0.5) is 5.69 Å². The number of imide groups is 1. The number of amides is 2. The number of thiazole rings is 1. The topological polar surface area (TPSA) is 50.3 Å². The molecule has 2 heterocycles. The summed E-state index contributed by atoms with van der Waals surface area (Å²) >= 11 is 1.66. The number of fused-ring (bicyclic) bond motifs is 1. The molecule has 1 saturated heterocycles. The van der Waals surface area contributed by atoms with E-state index in [1.54, 1.807) is 11.3 Å². The third kappa shape index (κ3) is 2.80. The Bertz CT molecular complexity index is 1650.